The molecule has 0 radical (unpaired) electrons. The van der Waals surface area contributed by atoms with Crippen molar-refractivity contribution in [1.29, 1.82) is 0 Å². The molecule has 2 aromatic heterocycles. The Bertz CT molecular complexity index is 584. The largest absolute Gasteiger partial charge is 0.459 e. The van der Waals surface area contributed by atoms with Crippen LogP contribution in [0.3, 0.4) is 0 Å². The highest BCUT2D eigenvalue weighted by Gasteiger charge is 2.26. The highest BCUT2D eigenvalue weighted by molar-refractivity contribution is 5.91. The third-order valence-corrected chi connectivity index (χ3v) is 3.50. The maximum Gasteiger partial charge on any atom is 0.289 e. The Hall–Kier alpha value is -2.04. The van der Waals surface area contributed by atoms with Gasteiger partial charge in [-0.25, -0.2) is 4.98 Å². The molecule has 3 rings (SSSR count). The van der Waals surface area contributed by atoms with Gasteiger partial charge in [0.25, 0.3) is 5.91 Å². The molecule has 0 aromatic carbocycles. The minimum atomic E-state index is -0.0514. The van der Waals surface area contributed by atoms with Crippen LogP contribution in [0, 0.1) is 6.92 Å². The summed E-state index contributed by atoms with van der Waals surface area (Å²) in [7, 11) is 1.99. The van der Waals surface area contributed by atoms with E-state index in [9.17, 15) is 4.79 Å². The molecule has 1 aliphatic heterocycles. The van der Waals surface area contributed by atoms with Gasteiger partial charge in [0, 0.05) is 20.0 Å². The van der Waals surface area contributed by atoms with Crippen LogP contribution in [0.15, 0.2) is 22.8 Å². The van der Waals surface area contributed by atoms with Crippen molar-refractivity contribution in [2.45, 2.75) is 19.9 Å². The first kappa shape index (κ1) is 11.1. The van der Waals surface area contributed by atoms with Gasteiger partial charge in [-0.15, -0.1) is 0 Å². The summed E-state index contributed by atoms with van der Waals surface area (Å²) in [6.45, 7) is 3.28. The van der Waals surface area contributed by atoms with Crippen molar-refractivity contribution < 1.29 is 9.21 Å². The number of amides is 1. The normalized spacial score (nSPS) is 14.7. The van der Waals surface area contributed by atoms with Gasteiger partial charge in [0.05, 0.1) is 24.2 Å². The molecular weight excluding hydrogens is 230 g/mol. The van der Waals surface area contributed by atoms with Gasteiger partial charge in [-0.3, -0.25) is 4.79 Å². The van der Waals surface area contributed by atoms with Crippen molar-refractivity contribution in [1.82, 2.24) is 14.5 Å². The van der Waals surface area contributed by atoms with E-state index in [0.717, 1.165) is 23.6 Å². The number of nitrogens with zero attached hydrogens (tertiary/aromatic N) is 3. The summed E-state index contributed by atoms with van der Waals surface area (Å²) in [5, 5.41) is 0. The van der Waals surface area contributed by atoms with Crippen molar-refractivity contribution in [3.8, 4) is 0 Å². The van der Waals surface area contributed by atoms with E-state index in [1.807, 2.05) is 18.9 Å². The molecule has 0 spiro atoms. The molecule has 0 saturated heterocycles. The Morgan fingerprint density at radius 1 is 1.50 bits per heavy atom. The van der Waals surface area contributed by atoms with Crippen LogP contribution in [0.1, 0.15) is 27.8 Å². The standard InChI is InChI=1S/C13H15N3O2/c1-9-14-10-5-6-16(8-11(10)15(9)2)13(17)12-4-3-7-18-12/h3-4,7H,5-6,8H2,1-2H3. The van der Waals surface area contributed by atoms with E-state index in [1.165, 1.54) is 6.26 Å². The minimum Gasteiger partial charge on any atom is -0.459 e. The summed E-state index contributed by atoms with van der Waals surface area (Å²) in [6.07, 6.45) is 2.33. The van der Waals surface area contributed by atoms with Crippen LogP contribution in [0.2, 0.25) is 0 Å². The summed E-state index contributed by atoms with van der Waals surface area (Å²) in [5.41, 5.74) is 2.23. The summed E-state index contributed by atoms with van der Waals surface area (Å²) < 4.78 is 7.21. The minimum absolute atomic E-state index is 0.0514. The van der Waals surface area contributed by atoms with Crippen LogP contribution in [-0.2, 0) is 20.0 Å². The van der Waals surface area contributed by atoms with E-state index in [-0.39, 0.29) is 5.91 Å². The number of fused-ring (bicyclic) bond motifs is 1. The fraction of sp³-hybridized carbons (Fsp3) is 0.385. The number of aryl methyl sites for hydroxylation is 1. The predicted octanol–water partition coefficient (Wildman–Crippen LogP) is 1.52. The number of carbonyl (C=O) groups excluding carboxylic acids is 1. The fourth-order valence-electron chi connectivity index (χ4n) is 2.35. The number of rotatable bonds is 1. The van der Waals surface area contributed by atoms with E-state index >= 15 is 0 Å². The average Bonchev–Trinajstić information content (AvgIpc) is 2.99. The Balaban J connectivity index is 1.87. The van der Waals surface area contributed by atoms with E-state index in [0.29, 0.717) is 18.8 Å². The zero-order chi connectivity index (χ0) is 12.7. The van der Waals surface area contributed by atoms with E-state index in [2.05, 4.69) is 9.55 Å². The van der Waals surface area contributed by atoms with Gasteiger partial charge < -0.3 is 13.9 Å². The van der Waals surface area contributed by atoms with E-state index in [4.69, 9.17) is 4.42 Å². The third kappa shape index (κ3) is 1.63. The Kier molecular flexibility index (Phi) is 2.47. The number of hydrogen-bond donors (Lipinski definition) is 0. The molecule has 2 aromatic rings. The SMILES string of the molecule is Cc1nc2c(n1C)CN(C(=O)c1ccco1)CC2. The van der Waals surface area contributed by atoms with Crippen LogP contribution in [0.4, 0.5) is 0 Å². The third-order valence-electron chi connectivity index (χ3n) is 3.50. The second kappa shape index (κ2) is 4.01. The second-order valence-electron chi connectivity index (χ2n) is 4.57. The fourth-order valence-corrected chi connectivity index (χ4v) is 2.35. The molecule has 94 valence electrons. The van der Waals surface area contributed by atoms with Gasteiger partial charge in [-0.2, -0.15) is 0 Å². The molecular formula is C13H15N3O2. The molecule has 5 heteroatoms. The molecule has 0 bridgehead atoms. The molecule has 5 nitrogen and oxygen atoms in total. The lowest BCUT2D eigenvalue weighted by Crippen LogP contribution is -2.36. The number of furan rings is 1. The lowest BCUT2D eigenvalue weighted by Gasteiger charge is -2.26. The van der Waals surface area contributed by atoms with Crippen molar-refractivity contribution >= 4 is 5.91 Å². The molecule has 1 amide bonds. The molecule has 0 atom stereocenters. The monoisotopic (exact) mass is 245 g/mol. The number of imidazole rings is 1. The smallest absolute Gasteiger partial charge is 0.289 e. The first-order valence-electron chi connectivity index (χ1n) is 6.00. The number of hydrogen-bond acceptors (Lipinski definition) is 3. The molecule has 0 aliphatic carbocycles. The predicted molar refractivity (Wildman–Crippen MR) is 65.1 cm³/mol. The zero-order valence-corrected chi connectivity index (χ0v) is 10.5. The average molecular weight is 245 g/mol. The zero-order valence-electron chi connectivity index (χ0n) is 10.5. The van der Waals surface area contributed by atoms with E-state index in [1.54, 1.807) is 12.1 Å². The van der Waals surface area contributed by atoms with Crippen LogP contribution < -0.4 is 0 Å². The Morgan fingerprint density at radius 3 is 3.06 bits per heavy atom. The first-order chi connectivity index (χ1) is 8.66. The summed E-state index contributed by atoms with van der Waals surface area (Å²) in [4.78, 5) is 18.5. The summed E-state index contributed by atoms with van der Waals surface area (Å²) >= 11 is 0. The van der Waals surface area contributed by atoms with Gasteiger partial charge in [-0.1, -0.05) is 0 Å². The molecule has 18 heavy (non-hydrogen) atoms. The van der Waals surface area contributed by atoms with Crippen molar-refractivity contribution in [3.05, 3.63) is 41.4 Å². The molecule has 0 unspecified atom stereocenters. The van der Waals surface area contributed by atoms with Crippen molar-refractivity contribution in [3.63, 3.8) is 0 Å². The quantitative estimate of drug-likeness (QED) is 0.765. The van der Waals surface area contributed by atoms with Gasteiger partial charge in [0.1, 0.15) is 5.82 Å². The topological polar surface area (TPSA) is 51.3 Å². The van der Waals surface area contributed by atoms with E-state index < -0.39 is 0 Å². The lowest BCUT2D eigenvalue weighted by molar-refractivity contribution is 0.0697. The van der Waals surface area contributed by atoms with Gasteiger partial charge in [0.15, 0.2) is 5.76 Å². The van der Waals surface area contributed by atoms with Gasteiger partial charge in [0.2, 0.25) is 0 Å². The van der Waals surface area contributed by atoms with Gasteiger partial charge in [-0.05, 0) is 19.1 Å². The molecule has 0 N–H and O–H groups in total. The maximum atomic E-state index is 12.2. The first-order valence-corrected chi connectivity index (χ1v) is 6.00. The number of carbonyl (C=O) groups is 1. The van der Waals surface area contributed by atoms with Crippen LogP contribution in [-0.4, -0.2) is 26.9 Å². The molecule has 0 fully saturated rings. The highest BCUT2D eigenvalue weighted by atomic mass is 16.3. The van der Waals surface area contributed by atoms with Crippen LogP contribution >= 0.6 is 0 Å². The highest BCUT2D eigenvalue weighted by Crippen LogP contribution is 2.20. The summed E-state index contributed by atoms with van der Waals surface area (Å²) in [5.74, 6) is 1.34. The maximum absolute atomic E-state index is 12.2. The van der Waals surface area contributed by atoms with Gasteiger partial charge >= 0.3 is 0 Å². The van der Waals surface area contributed by atoms with Crippen molar-refractivity contribution in [2.24, 2.45) is 7.05 Å². The van der Waals surface area contributed by atoms with Crippen LogP contribution in [0.25, 0.3) is 0 Å². The Morgan fingerprint density at radius 2 is 2.33 bits per heavy atom. The number of aromatic nitrogens is 2. The van der Waals surface area contributed by atoms with Crippen molar-refractivity contribution in [2.75, 3.05) is 6.54 Å². The summed E-state index contributed by atoms with van der Waals surface area (Å²) in [6, 6.07) is 3.43. The lowest BCUT2D eigenvalue weighted by atomic mass is 10.1. The molecule has 3 heterocycles. The Labute approximate surface area is 105 Å². The molecule has 0 saturated carbocycles. The second-order valence-corrected chi connectivity index (χ2v) is 4.57. The van der Waals surface area contributed by atoms with Crippen LogP contribution in [0.5, 0.6) is 0 Å². The molecule has 1 aliphatic rings.